The van der Waals surface area contributed by atoms with Crippen molar-refractivity contribution < 1.29 is 8.78 Å². The summed E-state index contributed by atoms with van der Waals surface area (Å²) >= 11 is 0. The molecule has 2 nitrogen and oxygen atoms in total. The zero-order chi connectivity index (χ0) is 15.4. The lowest BCUT2D eigenvalue weighted by molar-refractivity contribution is 0.208. The zero-order valence-electron chi connectivity index (χ0n) is 13.2. The molecule has 1 atom stereocenters. The van der Waals surface area contributed by atoms with Gasteiger partial charge in [-0.2, -0.15) is 0 Å². The third kappa shape index (κ3) is 4.48. The fraction of sp³-hybridized carbons (Fsp3) is 0.647. The molecule has 1 unspecified atom stereocenters. The van der Waals surface area contributed by atoms with Crippen LogP contribution in [0.4, 0.5) is 8.78 Å². The fourth-order valence-corrected chi connectivity index (χ4v) is 2.82. The van der Waals surface area contributed by atoms with Gasteiger partial charge in [-0.1, -0.05) is 32.9 Å². The summed E-state index contributed by atoms with van der Waals surface area (Å²) in [5, 5.41) is 3.30. The van der Waals surface area contributed by atoms with Gasteiger partial charge in [0.05, 0.1) is 0 Å². The average molecular weight is 296 g/mol. The Morgan fingerprint density at radius 3 is 2.52 bits per heavy atom. The van der Waals surface area contributed by atoms with E-state index < -0.39 is 11.6 Å². The van der Waals surface area contributed by atoms with Gasteiger partial charge in [-0.25, -0.2) is 8.78 Å². The predicted octanol–water partition coefficient (Wildman–Crippen LogP) is 3.74. The molecule has 1 aromatic carbocycles. The van der Waals surface area contributed by atoms with Crippen LogP contribution in [0.15, 0.2) is 18.2 Å². The van der Waals surface area contributed by atoms with Gasteiger partial charge in [-0.15, -0.1) is 0 Å². The lowest BCUT2D eigenvalue weighted by Gasteiger charge is -2.30. The summed E-state index contributed by atoms with van der Waals surface area (Å²) in [5.41, 5.74) is 0.436. The van der Waals surface area contributed by atoms with Crippen molar-refractivity contribution in [3.05, 3.63) is 35.4 Å². The highest BCUT2D eigenvalue weighted by atomic mass is 19.2. The average Bonchev–Trinajstić information content (AvgIpc) is 3.24. The number of nitrogens with one attached hydrogen (secondary N) is 1. The molecule has 1 fully saturated rings. The normalized spacial score (nSPS) is 16.7. The van der Waals surface area contributed by atoms with Crippen molar-refractivity contribution in [2.45, 2.75) is 45.7 Å². The molecule has 0 aromatic heterocycles. The van der Waals surface area contributed by atoms with Crippen molar-refractivity contribution in [3.8, 4) is 0 Å². The van der Waals surface area contributed by atoms with Crippen molar-refractivity contribution >= 4 is 0 Å². The van der Waals surface area contributed by atoms with Crippen molar-refractivity contribution in [2.24, 2.45) is 5.92 Å². The number of nitrogens with zero attached hydrogens (tertiary/aromatic N) is 1. The Hall–Kier alpha value is -1.00. The minimum Gasteiger partial charge on any atom is -0.309 e. The van der Waals surface area contributed by atoms with Gasteiger partial charge < -0.3 is 5.32 Å². The Morgan fingerprint density at radius 1 is 1.24 bits per heavy atom. The molecule has 2 rings (SSSR count). The van der Waals surface area contributed by atoms with Crippen molar-refractivity contribution in [1.29, 1.82) is 0 Å². The lowest BCUT2D eigenvalue weighted by atomic mass is 10.0. The van der Waals surface area contributed by atoms with Gasteiger partial charge in [0.2, 0.25) is 0 Å². The molecule has 1 N–H and O–H groups in total. The SMILES string of the molecule is CCNC(CN(CC(C)C)C1CC1)c1cccc(F)c1F. The third-order valence-corrected chi connectivity index (χ3v) is 3.89. The first-order chi connectivity index (χ1) is 10.0. The van der Waals surface area contributed by atoms with Crippen LogP contribution >= 0.6 is 0 Å². The van der Waals surface area contributed by atoms with E-state index in [0.717, 1.165) is 19.6 Å². The van der Waals surface area contributed by atoms with E-state index >= 15 is 0 Å². The van der Waals surface area contributed by atoms with Crippen molar-refractivity contribution in [3.63, 3.8) is 0 Å². The molecule has 4 heteroatoms. The van der Waals surface area contributed by atoms with E-state index in [4.69, 9.17) is 0 Å². The standard InChI is InChI=1S/C17H26F2N2/c1-4-20-16(14-6-5-7-15(18)17(14)19)11-21(10-12(2)3)13-8-9-13/h5-7,12-13,16,20H,4,8-11H2,1-3H3. The smallest absolute Gasteiger partial charge is 0.163 e. The molecule has 21 heavy (non-hydrogen) atoms. The van der Waals surface area contributed by atoms with Crippen LogP contribution < -0.4 is 5.32 Å². The Balaban J connectivity index is 2.15. The molecular formula is C17H26F2N2. The Kier molecular flexibility index (Phi) is 5.71. The first-order valence-electron chi connectivity index (χ1n) is 7.94. The summed E-state index contributed by atoms with van der Waals surface area (Å²) in [6.45, 7) is 8.86. The van der Waals surface area contributed by atoms with Crippen molar-refractivity contribution in [2.75, 3.05) is 19.6 Å². The van der Waals surface area contributed by atoms with Crippen molar-refractivity contribution in [1.82, 2.24) is 10.2 Å². The second-order valence-corrected chi connectivity index (χ2v) is 6.33. The number of rotatable bonds is 8. The molecule has 0 heterocycles. The first-order valence-corrected chi connectivity index (χ1v) is 7.94. The molecule has 0 aliphatic heterocycles. The van der Waals surface area contributed by atoms with Gasteiger partial charge in [0, 0.05) is 30.7 Å². The van der Waals surface area contributed by atoms with Crippen LogP contribution in [0.3, 0.4) is 0 Å². The number of benzene rings is 1. The molecule has 1 aromatic rings. The monoisotopic (exact) mass is 296 g/mol. The fourth-order valence-electron chi connectivity index (χ4n) is 2.82. The number of hydrogen-bond acceptors (Lipinski definition) is 2. The molecule has 0 saturated heterocycles. The number of halogens is 2. The summed E-state index contributed by atoms with van der Waals surface area (Å²) in [6, 6.07) is 4.90. The number of likely N-dealkylation sites (N-methyl/N-ethyl adjacent to an activating group) is 1. The minimum absolute atomic E-state index is 0.162. The minimum atomic E-state index is -0.766. The maximum Gasteiger partial charge on any atom is 0.163 e. The molecule has 0 bridgehead atoms. The van der Waals surface area contributed by atoms with Crippen LogP contribution in [0.2, 0.25) is 0 Å². The molecule has 0 spiro atoms. The highest BCUT2D eigenvalue weighted by Crippen LogP contribution is 2.30. The summed E-state index contributed by atoms with van der Waals surface area (Å²) < 4.78 is 27.6. The van der Waals surface area contributed by atoms with Gasteiger partial charge in [-0.3, -0.25) is 4.90 Å². The van der Waals surface area contributed by atoms with Gasteiger partial charge in [0.15, 0.2) is 11.6 Å². The van der Waals surface area contributed by atoms with E-state index in [1.807, 2.05) is 6.92 Å². The van der Waals surface area contributed by atoms with Gasteiger partial charge >= 0.3 is 0 Å². The summed E-state index contributed by atoms with van der Waals surface area (Å²) in [4.78, 5) is 2.42. The maximum atomic E-state index is 14.1. The molecule has 1 aliphatic rings. The predicted molar refractivity (Wildman–Crippen MR) is 82.2 cm³/mol. The summed E-state index contributed by atoms with van der Waals surface area (Å²) in [6.07, 6.45) is 2.44. The van der Waals surface area contributed by atoms with Gasteiger partial charge in [0.25, 0.3) is 0 Å². The first kappa shape index (κ1) is 16.4. The quantitative estimate of drug-likeness (QED) is 0.786. The van der Waals surface area contributed by atoms with Crippen LogP contribution in [-0.4, -0.2) is 30.6 Å². The van der Waals surface area contributed by atoms with E-state index in [-0.39, 0.29) is 6.04 Å². The Morgan fingerprint density at radius 2 is 1.95 bits per heavy atom. The number of hydrogen-bond donors (Lipinski definition) is 1. The van der Waals surface area contributed by atoms with E-state index in [1.54, 1.807) is 12.1 Å². The molecule has 1 saturated carbocycles. The van der Waals surface area contributed by atoms with Crippen LogP contribution in [0.25, 0.3) is 0 Å². The molecule has 1 aliphatic carbocycles. The summed E-state index contributed by atoms with van der Waals surface area (Å²) in [5.74, 6) is -0.911. The molecular weight excluding hydrogens is 270 g/mol. The maximum absolute atomic E-state index is 14.1. The van der Waals surface area contributed by atoms with E-state index in [9.17, 15) is 8.78 Å². The second kappa shape index (κ2) is 7.32. The molecule has 118 valence electrons. The lowest BCUT2D eigenvalue weighted by Crippen LogP contribution is -2.39. The van der Waals surface area contributed by atoms with Gasteiger partial charge in [0.1, 0.15) is 0 Å². The highest BCUT2D eigenvalue weighted by Gasteiger charge is 2.31. The molecule has 0 radical (unpaired) electrons. The summed E-state index contributed by atoms with van der Waals surface area (Å²) in [7, 11) is 0. The molecule has 0 amide bonds. The van der Waals surface area contributed by atoms with E-state index in [2.05, 4.69) is 24.1 Å². The van der Waals surface area contributed by atoms with Crippen LogP contribution in [0, 0.1) is 17.6 Å². The van der Waals surface area contributed by atoms with Crippen LogP contribution in [-0.2, 0) is 0 Å². The second-order valence-electron chi connectivity index (χ2n) is 6.33. The van der Waals surface area contributed by atoms with Crippen LogP contribution in [0.1, 0.15) is 45.2 Å². The Labute approximate surface area is 126 Å². The van der Waals surface area contributed by atoms with Crippen LogP contribution in [0.5, 0.6) is 0 Å². The van der Waals surface area contributed by atoms with E-state index in [0.29, 0.717) is 17.5 Å². The van der Waals surface area contributed by atoms with Gasteiger partial charge in [-0.05, 0) is 31.4 Å². The zero-order valence-corrected chi connectivity index (χ0v) is 13.2. The Bertz CT molecular complexity index is 458. The topological polar surface area (TPSA) is 15.3 Å². The largest absolute Gasteiger partial charge is 0.309 e. The third-order valence-electron chi connectivity index (χ3n) is 3.89. The van der Waals surface area contributed by atoms with E-state index in [1.165, 1.54) is 18.9 Å². The highest BCUT2D eigenvalue weighted by molar-refractivity contribution is 5.23.